The predicted octanol–water partition coefficient (Wildman–Crippen LogP) is 0.912. The molecule has 0 saturated carbocycles. The summed E-state index contributed by atoms with van der Waals surface area (Å²) >= 11 is 0. The quantitative estimate of drug-likeness (QED) is 0.381. The molecule has 6 N–H and O–H groups in total. The molecule has 0 saturated heterocycles. The first-order valence-electron chi connectivity index (χ1n) is 8.78. The van der Waals surface area contributed by atoms with Gasteiger partial charge in [0.1, 0.15) is 18.1 Å². The van der Waals surface area contributed by atoms with Crippen LogP contribution in [0.25, 0.3) is 0 Å². The van der Waals surface area contributed by atoms with Crippen molar-refractivity contribution < 1.29 is 28.2 Å². The topological polar surface area (TPSA) is 151 Å². The van der Waals surface area contributed by atoms with Crippen LogP contribution in [0.5, 0.6) is 11.5 Å². The van der Waals surface area contributed by atoms with Gasteiger partial charge in [-0.05, 0) is 42.3 Å². The first-order valence-corrected chi connectivity index (χ1v) is 10.7. The number of rotatable bonds is 10. The number of aromatic hydroxyl groups is 1. The summed E-state index contributed by atoms with van der Waals surface area (Å²) in [5.74, 6) is -0.591. The molecule has 0 spiro atoms. The van der Waals surface area contributed by atoms with Gasteiger partial charge in [0, 0.05) is 24.3 Å². The number of phenols is 1. The average Bonchev–Trinajstić information content (AvgIpc) is 2.63. The Morgan fingerprint density at radius 1 is 1.21 bits per heavy atom. The van der Waals surface area contributed by atoms with E-state index in [-0.39, 0.29) is 30.6 Å². The molecule has 158 valence electrons. The van der Waals surface area contributed by atoms with Crippen LogP contribution in [0.2, 0.25) is 0 Å². The van der Waals surface area contributed by atoms with Gasteiger partial charge >= 0.3 is 0 Å². The lowest BCUT2D eigenvalue weighted by Crippen LogP contribution is -2.31. The van der Waals surface area contributed by atoms with E-state index >= 15 is 0 Å². The maximum absolute atomic E-state index is 11.4. The highest BCUT2D eigenvalue weighted by molar-refractivity contribution is 7.92. The Kier molecular flexibility index (Phi) is 7.43. The van der Waals surface area contributed by atoms with E-state index in [1.807, 2.05) is 6.92 Å². The van der Waals surface area contributed by atoms with Crippen LogP contribution in [0.1, 0.15) is 28.4 Å². The van der Waals surface area contributed by atoms with Crippen LogP contribution < -0.4 is 20.5 Å². The number of amides is 1. The number of aliphatic hydroxyl groups excluding tert-OH is 1. The molecule has 2 aromatic rings. The molecule has 0 aliphatic heterocycles. The highest BCUT2D eigenvalue weighted by Crippen LogP contribution is 2.23. The summed E-state index contributed by atoms with van der Waals surface area (Å²) in [6, 6.07) is 9.05. The van der Waals surface area contributed by atoms with Crippen LogP contribution in [-0.4, -0.2) is 43.4 Å². The van der Waals surface area contributed by atoms with E-state index in [9.17, 15) is 23.4 Å². The van der Waals surface area contributed by atoms with Crippen molar-refractivity contribution in [3.8, 4) is 11.5 Å². The lowest BCUT2D eigenvalue weighted by Gasteiger charge is -2.17. The van der Waals surface area contributed by atoms with Crippen molar-refractivity contribution in [3.63, 3.8) is 0 Å². The van der Waals surface area contributed by atoms with Gasteiger partial charge in [-0.3, -0.25) is 9.52 Å². The van der Waals surface area contributed by atoms with E-state index in [1.54, 1.807) is 18.2 Å². The van der Waals surface area contributed by atoms with Crippen molar-refractivity contribution >= 4 is 21.6 Å². The highest BCUT2D eigenvalue weighted by Gasteiger charge is 2.11. The third-order valence-corrected chi connectivity index (χ3v) is 4.66. The number of carbonyl (C=O) groups is 1. The molecule has 1 atom stereocenters. The Morgan fingerprint density at radius 3 is 2.52 bits per heavy atom. The number of nitrogens with two attached hydrogens (primary N) is 1. The second-order valence-electron chi connectivity index (χ2n) is 6.65. The minimum absolute atomic E-state index is 0.0163. The van der Waals surface area contributed by atoms with Crippen LogP contribution in [0.4, 0.5) is 5.69 Å². The van der Waals surface area contributed by atoms with Crippen LogP contribution in [0.15, 0.2) is 36.4 Å². The first kappa shape index (κ1) is 22.5. The van der Waals surface area contributed by atoms with Crippen molar-refractivity contribution in [1.82, 2.24) is 5.32 Å². The molecular formula is C19H25N3O6S. The second-order valence-corrected chi connectivity index (χ2v) is 8.40. The van der Waals surface area contributed by atoms with Crippen molar-refractivity contribution in [2.75, 3.05) is 17.6 Å². The predicted molar refractivity (Wildman–Crippen MR) is 109 cm³/mol. The lowest BCUT2D eigenvalue weighted by atomic mass is 10.1. The molecule has 2 rings (SSSR count). The molecule has 0 bridgehead atoms. The molecule has 1 unspecified atom stereocenters. The molecule has 0 heterocycles. The van der Waals surface area contributed by atoms with E-state index in [2.05, 4.69) is 10.0 Å². The van der Waals surface area contributed by atoms with E-state index in [4.69, 9.17) is 10.5 Å². The number of sulfonamides is 1. The molecule has 9 nitrogen and oxygen atoms in total. The normalized spacial score (nSPS) is 12.4. The Morgan fingerprint density at radius 2 is 1.93 bits per heavy atom. The molecule has 0 radical (unpaired) electrons. The summed E-state index contributed by atoms with van der Waals surface area (Å²) in [6.07, 6.45) is 1.07. The zero-order valence-corrected chi connectivity index (χ0v) is 17.0. The zero-order chi connectivity index (χ0) is 21.6. The number of nitrogens with one attached hydrogen (secondary N) is 2. The number of hydrogen-bond donors (Lipinski definition) is 5. The van der Waals surface area contributed by atoms with Crippen molar-refractivity contribution in [1.29, 1.82) is 0 Å². The summed E-state index contributed by atoms with van der Waals surface area (Å²) in [4.78, 5) is 11.1. The van der Waals surface area contributed by atoms with Crippen LogP contribution in [-0.2, 0) is 23.2 Å². The number of aliphatic hydroxyl groups is 1. The Labute approximate surface area is 169 Å². The smallest absolute Gasteiger partial charge is 0.252 e. The fourth-order valence-corrected chi connectivity index (χ4v) is 3.15. The van der Waals surface area contributed by atoms with Crippen molar-refractivity contribution in [3.05, 3.63) is 53.1 Å². The lowest BCUT2D eigenvalue weighted by molar-refractivity contribution is 0.0997. The Balaban J connectivity index is 1.96. The Hall–Kier alpha value is -2.82. The van der Waals surface area contributed by atoms with E-state index in [0.717, 1.165) is 11.8 Å². The van der Waals surface area contributed by atoms with Crippen LogP contribution >= 0.6 is 0 Å². The summed E-state index contributed by atoms with van der Waals surface area (Å²) < 4.78 is 30.8. The monoisotopic (exact) mass is 423 g/mol. The van der Waals surface area contributed by atoms with Gasteiger partial charge in [0.05, 0.1) is 18.4 Å². The van der Waals surface area contributed by atoms with Crippen LogP contribution in [0.3, 0.4) is 0 Å². The molecule has 1 amide bonds. The standard InChI is InChI=1S/C19H25N3O6S/c1-12(11-28-16-5-6-17(19(20)25)18(24)8-16)21-9-14-7-15(22-29(2,26)27)4-3-13(14)10-23/h3-8,12,21-24H,9-11H2,1-2H3,(H2,20,25). The summed E-state index contributed by atoms with van der Waals surface area (Å²) in [5.41, 5.74) is 7.00. The van der Waals surface area contributed by atoms with Crippen LogP contribution in [0, 0.1) is 0 Å². The fraction of sp³-hybridized carbons (Fsp3) is 0.316. The molecule has 29 heavy (non-hydrogen) atoms. The summed E-state index contributed by atoms with van der Waals surface area (Å²) in [6.45, 7) is 2.36. The minimum atomic E-state index is -3.40. The number of benzene rings is 2. The number of hydrogen-bond acceptors (Lipinski definition) is 7. The van der Waals surface area contributed by atoms with Gasteiger partial charge < -0.3 is 26.0 Å². The Bertz CT molecular complexity index is 978. The van der Waals surface area contributed by atoms with Crippen molar-refractivity contribution in [2.45, 2.75) is 26.1 Å². The second kappa shape index (κ2) is 9.59. The summed E-state index contributed by atoms with van der Waals surface area (Å²) in [5, 5.41) is 22.5. The number of ether oxygens (including phenoxy) is 1. The molecule has 0 fully saturated rings. The molecule has 10 heteroatoms. The SMILES string of the molecule is CC(COc1ccc(C(N)=O)c(O)c1)NCc1cc(NS(C)(=O)=O)ccc1CO. The third kappa shape index (κ3) is 6.93. The number of carbonyl (C=O) groups excluding carboxylic acids is 1. The van der Waals surface area contributed by atoms with Gasteiger partial charge in [-0.1, -0.05) is 6.07 Å². The van der Waals surface area contributed by atoms with Gasteiger partial charge in [0.2, 0.25) is 10.0 Å². The van der Waals surface area contributed by atoms with Gasteiger partial charge in [-0.15, -0.1) is 0 Å². The molecule has 0 aliphatic rings. The summed E-state index contributed by atoms with van der Waals surface area (Å²) in [7, 11) is -3.40. The fourth-order valence-electron chi connectivity index (χ4n) is 2.60. The molecule has 0 aromatic heterocycles. The number of primary amides is 1. The average molecular weight is 423 g/mol. The van der Waals surface area contributed by atoms with Gasteiger partial charge in [0.15, 0.2) is 0 Å². The third-order valence-electron chi connectivity index (χ3n) is 4.06. The maximum atomic E-state index is 11.4. The largest absolute Gasteiger partial charge is 0.507 e. The maximum Gasteiger partial charge on any atom is 0.252 e. The molecule has 0 aliphatic carbocycles. The van der Waals surface area contributed by atoms with Crippen molar-refractivity contribution in [2.24, 2.45) is 5.73 Å². The van der Waals surface area contributed by atoms with E-state index < -0.39 is 15.9 Å². The van der Waals surface area contributed by atoms with E-state index in [0.29, 0.717) is 23.5 Å². The van der Waals surface area contributed by atoms with E-state index in [1.165, 1.54) is 18.2 Å². The van der Waals surface area contributed by atoms with Gasteiger partial charge in [-0.25, -0.2) is 8.42 Å². The zero-order valence-electron chi connectivity index (χ0n) is 16.2. The van der Waals surface area contributed by atoms with Gasteiger partial charge in [-0.2, -0.15) is 0 Å². The van der Waals surface area contributed by atoms with Gasteiger partial charge in [0.25, 0.3) is 5.91 Å². The number of anilines is 1. The molecular weight excluding hydrogens is 398 g/mol. The first-order chi connectivity index (χ1) is 13.6. The highest BCUT2D eigenvalue weighted by atomic mass is 32.2. The minimum Gasteiger partial charge on any atom is -0.507 e. The molecule has 2 aromatic carbocycles.